The average molecular weight is 247 g/mol. The Morgan fingerprint density at radius 1 is 1.62 bits per heavy atom. The van der Waals surface area contributed by atoms with Crippen molar-refractivity contribution >= 4 is 27.6 Å². The highest BCUT2D eigenvalue weighted by molar-refractivity contribution is 9.10. The fourth-order valence-corrected chi connectivity index (χ4v) is 1.26. The molecule has 1 rings (SSSR count). The Balaban J connectivity index is 3.08. The van der Waals surface area contributed by atoms with Gasteiger partial charge in [-0.2, -0.15) is 0 Å². The third-order valence-corrected chi connectivity index (χ3v) is 2.13. The van der Waals surface area contributed by atoms with Gasteiger partial charge in [0.2, 0.25) is 0 Å². The number of benzene rings is 1. The van der Waals surface area contributed by atoms with E-state index in [4.69, 9.17) is 5.73 Å². The average Bonchev–Trinajstić information content (AvgIpc) is 1.99. The van der Waals surface area contributed by atoms with Gasteiger partial charge in [0.15, 0.2) is 0 Å². The van der Waals surface area contributed by atoms with Crippen LogP contribution >= 0.6 is 15.9 Å². The molecule has 0 bridgehead atoms. The lowest BCUT2D eigenvalue weighted by atomic mass is 10.2. The fraction of sp³-hybridized carbons (Fsp3) is 0.125. The molecule has 1 aromatic rings. The smallest absolute Gasteiger partial charge is 0.316 e. The second-order valence-electron chi connectivity index (χ2n) is 2.57. The molecule has 0 aromatic heterocycles. The summed E-state index contributed by atoms with van der Waals surface area (Å²) in [7, 11) is 0. The Morgan fingerprint density at radius 2 is 2.23 bits per heavy atom. The number of rotatable bonds is 1. The normalized spacial score (nSPS) is 9.77. The van der Waals surface area contributed by atoms with Gasteiger partial charge in [-0.15, -0.1) is 0 Å². The maximum atomic E-state index is 12.9. The lowest BCUT2D eigenvalue weighted by Crippen LogP contribution is -2.19. The molecule has 0 aliphatic heterocycles. The van der Waals surface area contributed by atoms with Gasteiger partial charge in [0.1, 0.15) is 5.82 Å². The summed E-state index contributed by atoms with van der Waals surface area (Å²) in [4.78, 5) is 10.5. The number of anilines is 1. The van der Waals surface area contributed by atoms with E-state index in [0.717, 1.165) is 0 Å². The van der Waals surface area contributed by atoms with Crippen molar-refractivity contribution in [3.63, 3.8) is 0 Å². The van der Waals surface area contributed by atoms with Crippen LogP contribution in [0.1, 0.15) is 5.56 Å². The standard InChI is InChI=1S/C8H8BrFN2O/c1-4-2-6(10)5(9)3-7(4)12-8(11)13/h2-3H,1H3,(H3,11,12,13). The van der Waals surface area contributed by atoms with Gasteiger partial charge in [-0.25, -0.2) is 9.18 Å². The molecule has 0 radical (unpaired) electrons. The van der Waals surface area contributed by atoms with Crippen LogP contribution in [0.15, 0.2) is 16.6 Å². The highest BCUT2D eigenvalue weighted by Crippen LogP contribution is 2.23. The highest BCUT2D eigenvalue weighted by atomic mass is 79.9. The first-order chi connectivity index (χ1) is 6.00. The largest absolute Gasteiger partial charge is 0.351 e. The van der Waals surface area contributed by atoms with Crippen LogP contribution in [0.2, 0.25) is 0 Å². The van der Waals surface area contributed by atoms with Gasteiger partial charge < -0.3 is 11.1 Å². The van der Waals surface area contributed by atoms with Gasteiger partial charge >= 0.3 is 6.03 Å². The number of halogens is 2. The SMILES string of the molecule is Cc1cc(F)c(Br)cc1NC(N)=O. The minimum Gasteiger partial charge on any atom is -0.351 e. The maximum Gasteiger partial charge on any atom is 0.316 e. The van der Waals surface area contributed by atoms with Crippen LogP contribution in [-0.2, 0) is 0 Å². The fourth-order valence-electron chi connectivity index (χ4n) is 0.914. The number of primary amides is 1. The molecule has 3 N–H and O–H groups in total. The van der Waals surface area contributed by atoms with Gasteiger partial charge in [0.05, 0.1) is 4.47 Å². The van der Waals surface area contributed by atoms with Crippen LogP contribution in [0, 0.1) is 12.7 Å². The van der Waals surface area contributed by atoms with Crippen molar-refractivity contribution in [1.29, 1.82) is 0 Å². The number of hydrogen-bond donors (Lipinski definition) is 2. The second-order valence-corrected chi connectivity index (χ2v) is 3.42. The van der Waals surface area contributed by atoms with E-state index in [1.54, 1.807) is 6.92 Å². The topological polar surface area (TPSA) is 55.1 Å². The van der Waals surface area contributed by atoms with E-state index >= 15 is 0 Å². The molecule has 0 saturated carbocycles. The molecule has 0 aliphatic rings. The predicted molar refractivity (Wildman–Crippen MR) is 52.0 cm³/mol. The van der Waals surface area contributed by atoms with Crippen LogP contribution in [0.5, 0.6) is 0 Å². The van der Waals surface area contributed by atoms with Crippen molar-refractivity contribution in [2.45, 2.75) is 6.92 Å². The molecule has 1 aromatic carbocycles. The number of carbonyl (C=O) groups is 1. The highest BCUT2D eigenvalue weighted by Gasteiger charge is 2.05. The Kier molecular flexibility index (Phi) is 2.87. The van der Waals surface area contributed by atoms with Crippen LogP contribution in [0.3, 0.4) is 0 Å². The summed E-state index contributed by atoms with van der Waals surface area (Å²) in [6.07, 6.45) is 0. The van der Waals surface area contributed by atoms with Crippen LogP contribution in [0.25, 0.3) is 0 Å². The Hall–Kier alpha value is -1.10. The molecule has 13 heavy (non-hydrogen) atoms. The van der Waals surface area contributed by atoms with Gasteiger partial charge in [-0.3, -0.25) is 0 Å². The second kappa shape index (κ2) is 3.74. The zero-order valence-electron chi connectivity index (χ0n) is 6.90. The van der Waals surface area contributed by atoms with E-state index in [-0.39, 0.29) is 5.82 Å². The van der Waals surface area contributed by atoms with Gasteiger partial charge in [0, 0.05) is 5.69 Å². The zero-order valence-corrected chi connectivity index (χ0v) is 8.48. The summed E-state index contributed by atoms with van der Waals surface area (Å²) in [5.41, 5.74) is 6.05. The number of hydrogen-bond acceptors (Lipinski definition) is 1. The number of amides is 2. The van der Waals surface area contributed by atoms with Crippen molar-refractivity contribution < 1.29 is 9.18 Å². The molecule has 5 heteroatoms. The molecule has 0 unspecified atom stereocenters. The van der Waals surface area contributed by atoms with Crippen molar-refractivity contribution in [2.75, 3.05) is 5.32 Å². The first-order valence-corrected chi connectivity index (χ1v) is 4.32. The van der Waals surface area contributed by atoms with Crippen molar-refractivity contribution in [3.8, 4) is 0 Å². The Morgan fingerprint density at radius 3 is 2.77 bits per heavy atom. The third-order valence-electron chi connectivity index (χ3n) is 1.53. The molecule has 0 spiro atoms. The summed E-state index contributed by atoms with van der Waals surface area (Å²) in [5, 5.41) is 2.38. The third kappa shape index (κ3) is 2.42. The van der Waals surface area contributed by atoms with Gasteiger partial charge in [-0.05, 0) is 40.5 Å². The van der Waals surface area contributed by atoms with Gasteiger partial charge in [0.25, 0.3) is 0 Å². The van der Waals surface area contributed by atoms with E-state index < -0.39 is 6.03 Å². The molecule has 0 atom stereocenters. The number of aryl methyl sites for hydroxylation is 1. The monoisotopic (exact) mass is 246 g/mol. The minimum absolute atomic E-state index is 0.293. The molecule has 3 nitrogen and oxygen atoms in total. The lowest BCUT2D eigenvalue weighted by Gasteiger charge is -2.06. The van der Waals surface area contributed by atoms with Crippen molar-refractivity contribution in [1.82, 2.24) is 0 Å². The van der Waals surface area contributed by atoms with Crippen LogP contribution in [0.4, 0.5) is 14.9 Å². The molecule has 70 valence electrons. The van der Waals surface area contributed by atoms with Crippen molar-refractivity contribution in [2.24, 2.45) is 5.73 Å². The first kappa shape index (κ1) is 9.98. The molecular weight excluding hydrogens is 239 g/mol. The van der Waals surface area contributed by atoms with E-state index in [2.05, 4.69) is 21.2 Å². The molecule has 0 fully saturated rings. The summed E-state index contributed by atoms with van der Waals surface area (Å²) < 4.78 is 13.2. The number of carbonyl (C=O) groups excluding carboxylic acids is 1. The molecule has 0 saturated heterocycles. The molecule has 0 heterocycles. The minimum atomic E-state index is -0.665. The van der Waals surface area contributed by atoms with Gasteiger partial charge in [-0.1, -0.05) is 0 Å². The Bertz CT molecular complexity index is 354. The van der Waals surface area contributed by atoms with E-state index in [9.17, 15) is 9.18 Å². The number of nitrogens with one attached hydrogen (secondary N) is 1. The predicted octanol–water partition coefficient (Wildman–Crippen LogP) is 2.39. The van der Waals surface area contributed by atoms with Crippen molar-refractivity contribution in [3.05, 3.63) is 28.0 Å². The van der Waals surface area contributed by atoms with Crippen LogP contribution in [-0.4, -0.2) is 6.03 Å². The maximum absolute atomic E-state index is 12.9. The summed E-state index contributed by atoms with van der Waals surface area (Å²) in [6.45, 7) is 1.68. The van der Waals surface area contributed by atoms with E-state index in [1.165, 1.54) is 12.1 Å². The Labute approximate surface area is 83.2 Å². The first-order valence-electron chi connectivity index (χ1n) is 3.53. The lowest BCUT2D eigenvalue weighted by molar-refractivity contribution is 0.259. The van der Waals surface area contributed by atoms with E-state index in [1.807, 2.05) is 0 Å². The molecular formula is C8H8BrFN2O. The number of nitrogens with two attached hydrogens (primary N) is 1. The summed E-state index contributed by atoms with van der Waals surface area (Å²) >= 11 is 3.00. The van der Waals surface area contributed by atoms with Crippen LogP contribution < -0.4 is 11.1 Å². The summed E-state index contributed by atoms with van der Waals surface area (Å²) in [5.74, 6) is -0.368. The quantitative estimate of drug-likeness (QED) is 0.786. The molecule has 0 aliphatic carbocycles. The molecule has 2 amide bonds. The summed E-state index contributed by atoms with van der Waals surface area (Å²) in [6, 6.07) is 2.12. The zero-order chi connectivity index (χ0) is 10.0. The van der Waals surface area contributed by atoms with E-state index in [0.29, 0.717) is 15.7 Å². The number of urea groups is 1.